The van der Waals surface area contributed by atoms with Crippen LogP contribution in [0, 0.1) is 0 Å². The summed E-state index contributed by atoms with van der Waals surface area (Å²) >= 11 is 0. The van der Waals surface area contributed by atoms with Crippen molar-refractivity contribution in [2.45, 2.75) is 19.4 Å². The monoisotopic (exact) mass is 208 g/mol. The van der Waals surface area contributed by atoms with Gasteiger partial charge in [0.2, 0.25) is 0 Å². The lowest BCUT2D eigenvalue weighted by molar-refractivity contribution is 0.241. The van der Waals surface area contributed by atoms with Gasteiger partial charge in [-0.1, -0.05) is 6.07 Å². The highest BCUT2D eigenvalue weighted by Gasteiger charge is 2.15. The number of rotatable bonds is 3. The van der Waals surface area contributed by atoms with Crippen LogP contribution in [-0.4, -0.2) is 24.7 Å². The first-order valence-corrected chi connectivity index (χ1v) is 5.45. The molecule has 1 aliphatic heterocycles. The largest absolute Gasteiger partial charge is 0.399 e. The van der Waals surface area contributed by atoms with Crippen molar-refractivity contribution in [3.05, 3.63) is 29.3 Å². The molecule has 2 rings (SSSR count). The highest BCUT2D eigenvalue weighted by atomic mass is 19.1. The van der Waals surface area contributed by atoms with Crippen LogP contribution in [0.2, 0.25) is 0 Å². The first kappa shape index (κ1) is 10.4. The van der Waals surface area contributed by atoms with Crippen molar-refractivity contribution in [1.29, 1.82) is 0 Å². The molecule has 1 aromatic carbocycles. The Morgan fingerprint density at radius 2 is 2.20 bits per heavy atom. The van der Waals surface area contributed by atoms with Gasteiger partial charge in [0.1, 0.15) is 0 Å². The minimum atomic E-state index is -0.222. The topological polar surface area (TPSA) is 29.3 Å². The van der Waals surface area contributed by atoms with Crippen molar-refractivity contribution in [3.8, 4) is 0 Å². The van der Waals surface area contributed by atoms with Gasteiger partial charge in [-0.2, -0.15) is 0 Å². The van der Waals surface area contributed by atoms with Crippen LogP contribution in [0.4, 0.5) is 10.1 Å². The smallest absolute Gasteiger partial charge is 0.0906 e. The van der Waals surface area contributed by atoms with Gasteiger partial charge in [-0.3, -0.25) is 9.29 Å². The Hall–Kier alpha value is -1.09. The third kappa shape index (κ3) is 2.48. The van der Waals surface area contributed by atoms with Crippen molar-refractivity contribution in [2.24, 2.45) is 0 Å². The fourth-order valence-electron chi connectivity index (χ4n) is 2.11. The highest BCUT2D eigenvalue weighted by molar-refractivity contribution is 5.45. The number of anilines is 1. The van der Waals surface area contributed by atoms with Gasteiger partial charge in [0, 0.05) is 25.3 Å². The van der Waals surface area contributed by atoms with Crippen molar-refractivity contribution in [2.75, 3.05) is 25.5 Å². The summed E-state index contributed by atoms with van der Waals surface area (Å²) in [4.78, 5) is 2.29. The Morgan fingerprint density at radius 3 is 3.00 bits per heavy atom. The van der Waals surface area contributed by atoms with E-state index in [0.717, 1.165) is 31.7 Å². The zero-order chi connectivity index (χ0) is 10.7. The molecule has 2 nitrogen and oxygen atoms in total. The summed E-state index contributed by atoms with van der Waals surface area (Å²) in [5.74, 6) is 0. The maximum atomic E-state index is 12.1. The molecule has 0 amide bonds. The van der Waals surface area contributed by atoms with Crippen LogP contribution in [-0.2, 0) is 13.0 Å². The lowest BCUT2D eigenvalue weighted by Gasteiger charge is -2.28. The van der Waals surface area contributed by atoms with Gasteiger partial charge in [0.15, 0.2) is 0 Å². The van der Waals surface area contributed by atoms with Gasteiger partial charge in [-0.25, -0.2) is 0 Å². The van der Waals surface area contributed by atoms with E-state index < -0.39 is 0 Å². The lowest BCUT2D eigenvalue weighted by atomic mass is 9.99. The van der Waals surface area contributed by atoms with E-state index >= 15 is 0 Å². The lowest BCUT2D eigenvalue weighted by Crippen LogP contribution is -2.31. The summed E-state index contributed by atoms with van der Waals surface area (Å²) in [5.41, 5.74) is 9.26. The number of fused-ring (bicyclic) bond motifs is 1. The Bertz CT molecular complexity index is 338. The maximum absolute atomic E-state index is 12.1. The normalized spacial score (nSPS) is 16.3. The fourth-order valence-corrected chi connectivity index (χ4v) is 2.11. The number of nitrogen functional groups attached to an aromatic ring is 1. The van der Waals surface area contributed by atoms with E-state index in [1.165, 1.54) is 11.1 Å². The molecule has 0 aromatic heterocycles. The van der Waals surface area contributed by atoms with Crippen LogP contribution < -0.4 is 5.73 Å². The van der Waals surface area contributed by atoms with E-state index in [0.29, 0.717) is 6.42 Å². The molecule has 0 radical (unpaired) electrons. The molecular formula is C12H17FN2. The number of halogens is 1. The summed E-state index contributed by atoms with van der Waals surface area (Å²) in [6, 6.07) is 6.10. The molecule has 0 unspecified atom stereocenters. The van der Waals surface area contributed by atoms with E-state index in [9.17, 15) is 4.39 Å². The summed E-state index contributed by atoms with van der Waals surface area (Å²) in [6.45, 7) is 2.59. The second-order valence-electron chi connectivity index (χ2n) is 4.10. The Labute approximate surface area is 89.9 Å². The molecule has 1 aromatic rings. The van der Waals surface area contributed by atoms with Crippen molar-refractivity contribution >= 4 is 5.69 Å². The van der Waals surface area contributed by atoms with E-state index in [1.807, 2.05) is 12.1 Å². The molecule has 0 atom stereocenters. The predicted molar refractivity (Wildman–Crippen MR) is 60.4 cm³/mol. The summed E-state index contributed by atoms with van der Waals surface area (Å²) in [5, 5.41) is 0. The molecule has 0 saturated carbocycles. The number of nitrogens with zero attached hydrogens (tertiary/aromatic N) is 1. The molecule has 0 aliphatic carbocycles. The molecule has 0 fully saturated rings. The molecule has 1 heterocycles. The molecular weight excluding hydrogens is 191 g/mol. The Balaban J connectivity index is 2.05. The molecule has 3 heteroatoms. The fraction of sp³-hybridized carbons (Fsp3) is 0.500. The average Bonchev–Trinajstić information content (AvgIpc) is 2.25. The molecule has 2 N–H and O–H groups in total. The Morgan fingerprint density at radius 1 is 1.33 bits per heavy atom. The summed E-state index contributed by atoms with van der Waals surface area (Å²) in [7, 11) is 0. The van der Waals surface area contributed by atoms with Gasteiger partial charge >= 0.3 is 0 Å². The van der Waals surface area contributed by atoms with E-state index in [2.05, 4.69) is 11.0 Å². The summed E-state index contributed by atoms with van der Waals surface area (Å²) < 4.78 is 12.1. The molecule has 0 bridgehead atoms. The molecule has 15 heavy (non-hydrogen) atoms. The van der Waals surface area contributed by atoms with E-state index in [-0.39, 0.29) is 6.67 Å². The minimum Gasteiger partial charge on any atom is -0.399 e. The number of nitrogens with two attached hydrogens (primary N) is 1. The van der Waals surface area contributed by atoms with Crippen LogP contribution in [0.3, 0.4) is 0 Å². The van der Waals surface area contributed by atoms with Gasteiger partial charge in [-0.05, 0) is 36.1 Å². The Kier molecular flexibility index (Phi) is 3.21. The van der Waals surface area contributed by atoms with Crippen LogP contribution in [0.1, 0.15) is 17.5 Å². The van der Waals surface area contributed by atoms with Gasteiger partial charge < -0.3 is 5.73 Å². The first-order valence-electron chi connectivity index (χ1n) is 5.45. The van der Waals surface area contributed by atoms with Gasteiger partial charge in [-0.15, -0.1) is 0 Å². The maximum Gasteiger partial charge on any atom is 0.0906 e. The standard InChI is InChI=1S/C12H17FN2/c13-5-1-6-15-7-4-10-2-3-12(14)8-11(10)9-15/h2-3,8H,1,4-7,9,14H2. The predicted octanol–water partition coefficient (Wildman–Crippen LogP) is 1.99. The van der Waals surface area contributed by atoms with E-state index in [4.69, 9.17) is 5.73 Å². The van der Waals surface area contributed by atoms with E-state index in [1.54, 1.807) is 0 Å². The average molecular weight is 208 g/mol. The number of hydrogen-bond acceptors (Lipinski definition) is 2. The van der Waals surface area contributed by atoms with Crippen LogP contribution in [0.25, 0.3) is 0 Å². The molecule has 0 spiro atoms. The van der Waals surface area contributed by atoms with Crippen LogP contribution in [0.15, 0.2) is 18.2 Å². The molecule has 0 saturated heterocycles. The van der Waals surface area contributed by atoms with Gasteiger partial charge in [0.05, 0.1) is 6.67 Å². The van der Waals surface area contributed by atoms with Crippen molar-refractivity contribution in [3.63, 3.8) is 0 Å². The second-order valence-corrected chi connectivity index (χ2v) is 4.10. The minimum absolute atomic E-state index is 0.222. The molecule has 82 valence electrons. The first-order chi connectivity index (χ1) is 7.29. The van der Waals surface area contributed by atoms with Crippen LogP contribution >= 0.6 is 0 Å². The number of benzene rings is 1. The zero-order valence-corrected chi connectivity index (χ0v) is 8.88. The number of hydrogen-bond donors (Lipinski definition) is 1. The van der Waals surface area contributed by atoms with Crippen LogP contribution in [0.5, 0.6) is 0 Å². The van der Waals surface area contributed by atoms with Crippen molar-refractivity contribution in [1.82, 2.24) is 4.90 Å². The quantitative estimate of drug-likeness (QED) is 0.770. The number of alkyl halides is 1. The van der Waals surface area contributed by atoms with Crippen molar-refractivity contribution < 1.29 is 4.39 Å². The highest BCUT2D eigenvalue weighted by Crippen LogP contribution is 2.21. The van der Waals surface area contributed by atoms with Gasteiger partial charge in [0.25, 0.3) is 0 Å². The SMILES string of the molecule is Nc1ccc2c(c1)CN(CCCF)CC2. The molecule has 1 aliphatic rings. The zero-order valence-electron chi connectivity index (χ0n) is 8.88. The second kappa shape index (κ2) is 4.62. The summed E-state index contributed by atoms with van der Waals surface area (Å²) in [6.07, 6.45) is 1.69. The third-order valence-corrected chi connectivity index (χ3v) is 2.93. The third-order valence-electron chi connectivity index (χ3n) is 2.93.